The summed E-state index contributed by atoms with van der Waals surface area (Å²) in [4.78, 5) is 15.9. The number of likely N-dealkylation sites (N-methyl/N-ethyl adjacent to an activating group) is 1. The molecule has 0 aliphatic heterocycles. The molecular formula is C15H22N2O2. The molecule has 0 radical (unpaired) electrons. The van der Waals surface area contributed by atoms with Gasteiger partial charge in [0.2, 0.25) is 5.91 Å². The molecule has 0 bridgehead atoms. The number of nitrogens with zero attached hydrogens (tertiary/aromatic N) is 2. The number of rotatable bonds is 7. The fraction of sp³-hybridized carbons (Fsp3) is 0.533. The van der Waals surface area contributed by atoms with Crippen LogP contribution in [0.4, 0.5) is 0 Å². The zero-order valence-electron chi connectivity index (χ0n) is 11.5. The van der Waals surface area contributed by atoms with Crippen molar-refractivity contribution in [2.24, 2.45) is 0 Å². The highest BCUT2D eigenvalue weighted by atomic mass is 16.3. The first-order chi connectivity index (χ1) is 9.20. The van der Waals surface area contributed by atoms with E-state index in [4.69, 9.17) is 5.11 Å². The lowest BCUT2D eigenvalue weighted by molar-refractivity contribution is -0.131. The van der Waals surface area contributed by atoms with Gasteiger partial charge in [0, 0.05) is 26.2 Å². The molecule has 1 aliphatic carbocycles. The van der Waals surface area contributed by atoms with Crippen molar-refractivity contribution in [2.75, 3.05) is 26.7 Å². The fourth-order valence-electron chi connectivity index (χ4n) is 2.17. The monoisotopic (exact) mass is 262 g/mol. The van der Waals surface area contributed by atoms with Crippen LogP contribution in [0.5, 0.6) is 0 Å². The Morgan fingerprint density at radius 2 is 2.00 bits per heavy atom. The van der Waals surface area contributed by atoms with Gasteiger partial charge < -0.3 is 10.0 Å². The second-order valence-electron chi connectivity index (χ2n) is 5.16. The summed E-state index contributed by atoms with van der Waals surface area (Å²) < 4.78 is 0. The Labute approximate surface area is 114 Å². The summed E-state index contributed by atoms with van der Waals surface area (Å²) in [5.74, 6) is 0.145. The molecule has 1 N–H and O–H groups in total. The number of hydrogen-bond acceptors (Lipinski definition) is 3. The Bertz CT molecular complexity index is 404. The van der Waals surface area contributed by atoms with Gasteiger partial charge in [0.25, 0.3) is 0 Å². The van der Waals surface area contributed by atoms with Gasteiger partial charge in [-0.15, -0.1) is 0 Å². The zero-order chi connectivity index (χ0) is 13.7. The van der Waals surface area contributed by atoms with Gasteiger partial charge in [0.05, 0.1) is 13.2 Å². The number of amides is 1. The summed E-state index contributed by atoms with van der Waals surface area (Å²) >= 11 is 0. The number of aliphatic hydroxyl groups excluding tert-OH is 1. The third-order valence-corrected chi connectivity index (χ3v) is 3.51. The maximum absolute atomic E-state index is 12.1. The van der Waals surface area contributed by atoms with Crippen LogP contribution in [0.2, 0.25) is 0 Å². The Morgan fingerprint density at radius 3 is 2.58 bits per heavy atom. The minimum Gasteiger partial charge on any atom is -0.395 e. The molecule has 1 aliphatic rings. The molecule has 1 aromatic rings. The average molecular weight is 262 g/mol. The summed E-state index contributed by atoms with van der Waals surface area (Å²) in [5.41, 5.74) is 1.16. The van der Waals surface area contributed by atoms with Crippen LogP contribution in [0, 0.1) is 0 Å². The number of aliphatic hydroxyl groups is 1. The lowest BCUT2D eigenvalue weighted by atomic mass is 10.2. The molecule has 0 unspecified atom stereocenters. The summed E-state index contributed by atoms with van der Waals surface area (Å²) in [6.07, 6.45) is 2.25. The molecule has 19 heavy (non-hydrogen) atoms. The van der Waals surface area contributed by atoms with Crippen LogP contribution < -0.4 is 0 Å². The van der Waals surface area contributed by atoms with Gasteiger partial charge in [-0.2, -0.15) is 0 Å². The third kappa shape index (κ3) is 4.33. The molecule has 0 saturated heterocycles. The maximum atomic E-state index is 12.1. The Balaban J connectivity index is 1.89. The summed E-state index contributed by atoms with van der Waals surface area (Å²) in [6.45, 7) is 1.68. The fourth-order valence-corrected chi connectivity index (χ4v) is 2.17. The molecule has 2 rings (SSSR count). The van der Waals surface area contributed by atoms with Gasteiger partial charge >= 0.3 is 0 Å². The third-order valence-electron chi connectivity index (χ3n) is 3.51. The van der Waals surface area contributed by atoms with E-state index >= 15 is 0 Å². The topological polar surface area (TPSA) is 43.8 Å². The van der Waals surface area contributed by atoms with E-state index < -0.39 is 0 Å². The van der Waals surface area contributed by atoms with Gasteiger partial charge in [-0.1, -0.05) is 30.3 Å². The number of hydrogen-bond donors (Lipinski definition) is 1. The Hall–Kier alpha value is -1.39. The Morgan fingerprint density at radius 1 is 1.32 bits per heavy atom. The highest BCUT2D eigenvalue weighted by molar-refractivity contribution is 5.78. The second-order valence-corrected chi connectivity index (χ2v) is 5.16. The molecule has 0 heterocycles. The highest BCUT2D eigenvalue weighted by Gasteiger charge is 2.29. The van der Waals surface area contributed by atoms with Crippen molar-refractivity contribution in [3.05, 3.63) is 35.9 Å². The lowest BCUT2D eigenvalue weighted by Gasteiger charge is -2.24. The predicted molar refractivity (Wildman–Crippen MR) is 74.6 cm³/mol. The summed E-state index contributed by atoms with van der Waals surface area (Å²) in [5, 5.41) is 9.12. The molecule has 1 saturated carbocycles. The van der Waals surface area contributed by atoms with E-state index in [9.17, 15) is 4.79 Å². The number of carbonyl (C=O) groups is 1. The van der Waals surface area contributed by atoms with E-state index in [0.717, 1.165) is 18.4 Å². The molecule has 0 atom stereocenters. The Kier molecular flexibility index (Phi) is 4.93. The lowest BCUT2D eigenvalue weighted by Crippen LogP contribution is -2.40. The largest absolute Gasteiger partial charge is 0.395 e. The van der Waals surface area contributed by atoms with Crippen LogP contribution in [-0.2, 0) is 11.3 Å². The normalized spacial score (nSPS) is 14.7. The average Bonchev–Trinajstić information content (AvgIpc) is 3.23. The zero-order valence-corrected chi connectivity index (χ0v) is 11.5. The SMILES string of the molecule is CN(C(=O)CN(CCO)Cc1ccccc1)C1CC1. The molecule has 1 fully saturated rings. The van der Waals surface area contributed by atoms with Crippen molar-refractivity contribution in [1.82, 2.24) is 9.80 Å². The van der Waals surface area contributed by atoms with E-state index in [1.165, 1.54) is 0 Å². The number of benzene rings is 1. The minimum absolute atomic E-state index is 0.0766. The molecule has 0 spiro atoms. The van der Waals surface area contributed by atoms with Crippen LogP contribution in [-0.4, -0.2) is 53.6 Å². The molecule has 0 aromatic heterocycles. The van der Waals surface area contributed by atoms with Crippen molar-refractivity contribution in [3.63, 3.8) is 0 Å². The molecule has 1 aromatic carbocycles. The van der Waals surface area contributed by atoms with Crippen LogP contribution in [0.1, 0.15) is 18.4 Å². The highest BCUT2D eigenvalue weighted by Crippen LogP contribution is 2.25. The van der Waals surface area contributed by atoms with Crippen molar-refractivity contribution in [3.8, 4) is 0 Å². The first-order valence-corrected chi connectivity index (χ1v) is 6.83. The molecule has 104 valence electrons. The first kappa shape index (κ1) is 14.0. The standard InChI is InChI=1S/C15H22N2O2/c1-16(14-7-8-14)15(19)12-17(9-10-18)11-13-5-3-2-4-6-13/h2-6,14,18H,7-12H2,1H3. The van der Waals surface area contributed by atoms with E-state index in [-0.39, 0.29) is 12.5 Å². The molecule has 4 nitrogen and oxygen atoms in total. The van der Waals surface area contributed by atoms with E-state index in [1.54, 1.807) is 0 Å². The molecule has 1 amide bonds. The molecule has 4 heteroatoms. The van der Waals surface area contributed by atoms with Crippen molar-refractivity contribution in [2.45, 2.75) is 25.4 Å². The number of carbonyl (C=O) groups excluding carboxylic acids is 1. The van der Waals surface area contributed by atoms with Gasteiger partial charge in [0.1, 0.15) is 0 Å². The van der Waals surface area contributed by atoms with E-state index in [1.807, 2.05) is 47.2 Å². The van der Waals surface area contributed by atoms with Crippen LogP contribution in [0.3, 0.4) is 0 Å². The van der Waals surface area contributed by atoms with Crippen molar-refractivity contribution >= 4 is 5.91 Å². The smallest absolute Gasteiger partial charge is 0.236 e. The van der Waals surface area contributed by atoms with Gasteiger partial charge in [0.15, 0.2) is 0 Å². The van der Waals surface area contributed by atoms with Gasteiger partial charge in [-0.05, 0) is 18.4 Å². The van der Waals surface area contributed by atoms with Crippen molar-refractivity contribution in [1.29, 1.82) is 0 Å². The van der Waals surface area contributed by atoms with Crippen LogP contribution in [0.15, 0.2) is 30.3 Å². The summed E-state index contributed by atoms with van der Waals surface area (Å²) in [6, 6.07) is 10.5. The first-order valence-electron chi connectivity index (χ1n) is 6.83. The molecular weight excluding hydrogens is 240 g/mol. The van der Waals surface area contributed by atoms with E-state index in [0.29, 0.717) is 25.7 Å². The quantitative estimate of drug-likeness (QED) is 0.800. The minimum atomic E-state index is 0.0766. The van der Waals surface area contributed by atoms with Crippen LogP contribution >= 0.6 is 0 Å². The van der Waals surface area contributed by atoms with Gasteiger partial charge in [-0.3, -0.25) is 9.69 Å². The van der Waals surface area contributed by atoms with Crippen LogP contribution in [0.25, 0.3) is 0 Å². The second kappa shape index (κ2) is 6.68. The van der Waals surface area contributed by atoms with E-state index in [2.05, 4.69) is 0 Å². The van der Waals surface area contributed by atoms with Gasteiger partial charge in [-0.25, -0.2) is 0 Å². The maximum Gasteiger partial charge on any atom is 0.236 e. The van der Waals surface area contributed by atoms with Crippen molar-refractivity contribution < 1.29 is 9.90 Å². The predicted octanol–water partition coefficient (Wildman–Crippen LogP) is 1.10. The summed E-state index contributed by atoms with van der Waals surface area (Å²) in [7, 11) is 1.87.